The van der Waals surface area contributed by atoms with Gasteiger partial charge in [0.05, 0.1) is 23.3 Å². The molecule has 2 rings (SSSR count). The molecular weight excluding hydrogens is 313 g/mol. The molecule has 0 unspecified atom stereocenters. The summed E-state index contributed by atoms with van der Waals surface area (Å²) in [5, 5.41) is 4.24. The zero-order valence-electron chi connectivity index (χ0n) is 12.6. The van der Waals surface area contributed by atoms with Crippen LogP contribution in [0, 0.1) is 0 Å². The summed E-state index contributed by atoms with van der Waals surface area (Å²) in [5.41, 5.74) is -1.15. The molecule has 124 valence electrons. The molecule has 0 bridgehead atoms. The third-order valence-corrected chi connectivity index (χ3v) is 3.28. The van der Waals surface area contributed by atoms with Gasteiger partial charge in [0.2, 0.25) is 0 Å². The van der Waals surface area contributed by atoms with Gasteiger partial charge in [0.1, 0.15) is 6.54 Å². The highest BCUT2D eigenvalue weighted by molar-refractivity contribution is 5.84. The summed E-state index contributed by atoms with van der Waals surface area (Å²) in [7, 11) is 0. The number of halogens is 3. The Hall–Kier alpha value is -2.38. The van der Waals surface area contributed by atoms with E-state index in [-0.39, 0.29) is 23.9 Å². The van der Waals surface area contributed by atoms with Crippen molar-refractivity contribution < 1.29 is 22.7 Å². The van der Waals surface area contributed by atoms with Crippen molar-refractivity contribution in [3.8, 4) is 0 Å². The van der Waals surface area contributed by atoms with E-state index in [9.17, 15) is 22.8 Å². The maximum atomic E-state index is 12.8. The molecular formula is C15H15F3N2O3. The fourth-order valence-electron chi connectivity index (χ4n) is 2.23. The lowest BCUT2D eigenvalue weighted by atomic mass is 10.1. The van der Waals surface area contributed by atoms with E-state index in [1.807, 2.05) is 0 Å². The lowest BCUT2D eigenvalue weighted by Crippen LogP contribution is -2.29. The highest BCUT2D eigenvalue weighted by atomic mass is 19.4. The first-order chi connectivity index (χ1) is 10.8. The molecule has 0 atom stereocenters. The van der Waals surface area contributed by atoms with Crippen LogP contribution in [0.5, 0.6) is 0 Å². The Bertz CT molecular complexity index is 797. The number of alkyl halides is 3. The molecule has 0 spiro atoms. The van der Waals surface area contributed by atoms with E-state index in [2.05, 4.69) is 5.10 Å². The van der Waals surface area contributed by atoms with Gasteiger partial charge in [0, 0.05) is 5.39 Å². The molecule has 0 radical (unpaired) electrons. The first-order valence-corrected chi connectivity index (χ1v) is 7.04. The van der Waals surface area contributed by atoms with Crippen molar-refractivity contribution in [2.24, 2.45) is 0 Å². The Balaban J connectivity index is 2.61. The van der Waals surface area contributed by atoms with Gasteiger partial charge in [-0.2, -0.15) is 18.3 Å². The number of hydrogen-bond donors (Lipinski definition) is 0. The number of aromatic nitrogens is 2. The summed E-state index contributed by atoms with van der Waals surface area (Å²) in [4.78, 5) is 23.8. The molecule has 0 N–H and O–H groups in total. The van der Waals surface area contributed by atoms with Crippen molar-refractivity contribution in [1.29, 1.82) is 0 Å². The summed E-state index contributed by atoms with van der Waals surface area (Å²) in [6.07, 6.45) is -4.18. The Morgan fingerprint density at radius 2 is 1.96 bits per heavy atom. The molecule has 1 heterocycles. The monoisotopic (exact) mass is 328 g/mol. The minimum absolute atomic E-state index is 0.0918. The Labute approximate surface area is 129 Å². The number of aryl methyl sites for hydroxylation is 1. The molecule has 0 saturated heterocycles. The predicted molar refractivity (Wildman–Crippen MR) is 77.0 cm³/mol. The topological polar surface area (TPSA) is 61.2 Å². The van der Waals surface area contributed by atoms with Crippen LogP contribution in [0.3, 0.4) is 0 Å². The number of benzene rings is 1. The molecule has 1 aromatic heterocycles. The molecule has 5 nitrogen and oxygen atoms in total. The summed E-state index contributed by atoms with van der Waals surface area (Å²) in [6.45, 7) is 3.12. The Kier molecular flexibility index (Phi) is 4.72. The van der Waals surface area contributed by atoms with Crippen LogP contribution in [-0.2, 0) is 28.7 Å². The second-order valence-corrected chi connectivity index (χ2v) is 4.83. The zero-order chi connectivity index (χ0) is 17.2. The molecule has 0 aliphatic heterocycles. The number of carbonyl (C=O) groups is 1. The van der Waals surface area contributed by atoms with Gasteiger partial charge >= 0.3 is 12.1 Å². The lowest BCUT2D eigenvalue weighted by Gasteiger charge is -2.12. The fourth-order valence-corrected chi connectivity index (χ4v) is 2.23. The zero-order valence-corrected chi connectivity index (χ0v) is 12.6. The van der Waals surface area contributed by atoms with E-state index in [1.54, 1.807) is 13.8 Å². The Morgan fingerprint density at radius 3 is 2.52 bits per heavy atom. The van der Waals surface area contributed by atoms with E-state index in [1.165, 1.54) is 0 Å². The Morgan fingerprint density at radius 1 is 1.26 bits per heavy atom. The van der Waals surface area contributed by atoms with Crippen LogP contribution in [0.15, 0.2) is 23.0 Å². The lowest BCUT2D eigenvalue weighted by molar-refractivity contribution is -0.144. The van der Waals surface area contributed by atoms with E-state index < -0.39 is 23.3 Å². The molecule has 0 aliphatic rings. The van der Waals surface area contributed by atoms with Crippen molar-refractivity contribution in [1.82, 2.24) is 9.78 Å². The quantitative estimate of drug-likeness (QED) is 0.809. The van der Waals surface area contributed by atoms with Crippen LogP contribution in [0.4, 0.5) is 13.2 Å². The van der Waals surface area contributed by atoms with Gasteiger partial charge in [-0.15, -0.1) is 0 Å². The second kappa shape index (κ2) is 6.39. The van der Waals surface area contributed by atoms with Gasteiger partial charge in [-0.3, -0.25) is 9.59 Å². The normalized spacial score (nSPS) is 11.7. The number of carbonyl (C=O) groups excluding carboxylic acids is 1. The maximum Gasteiger partial charge on any atom is 0.416 e. The summed E-state index contributed by atoms with van der Waals surface area (Å²) in [6, 6.07) is 2.87. The van der Waals surface area contributed by atoms with Crippen LogP contribution in [0.2, 0.25) is 0 Å². The molecule has 23 heavy (non-hydrogen) atoms. The second-order valence-electron chi connectivity index (χ2n) is 4.83. The molecule has 0 aliphatic carbocycles. The fraction of sp³-hybridized carbons (Fsp3) is 0.400. The number of fused-ring (bicyclic) bond motifs is 1. The van der Waals surface area contributed by atoms with E-state index in [0.29, 0.717) is 12.1 Å². The van der Waals surface area contributed by atoms with Gasteiger partial charge < -0.3 is 4.74 Å². The SMILES string of the molecule is CCOC(=O)Cn1nc(CC)c2cc(C(F)(F)F)ccc2c1=O. The smallest absolute Gasteiger partial charge is 0.416 e. The van der Waals surface area contributed by atoms with Crippen molar-refractivity contribution in [3.63, 3.8) is 0 Å². The molecule has 0 saturated carbocycles. The predicted octanol–water partition coefficient (Wildman–Crippen LogP) is 2.54. The van der Waals surface area contributed by atoms with E-state index in [0.717, 1.165) is 22.9 Å². The third-order valence-electron chi connectivity index (χ3n) is 3.28. The van der Waals surface area contributed by atoms with Crippen LogP contribution in [-0.4, -0.2) is 22.4 Å². The number of nitrogens with zero attached hydrogens (tertiary/aromatic N) is 2. The van der Waals surface area contributed by atoms with Crippen molar-refractivity contribution in [3.05, 3.63) is 39.8 Å². The van der Waals surface area contributed by atoms with Crippen molar-refractivity contribution >= 4 is 16.7 Å². The highest BCUT2D eigenvalue weighted by Gasteiger charge is 2.31. The highest BCUT2D eigenvalue weighted by Crippen LogP contribution is 2.31. The number of ether oxygens (including phenoxy) is 1. The van der Waals surface area contributed by atoms with Gasteiger partial charge in [0.15, 0.2) is 0 Å². The van der Waals surface area contributed by atoms with Crippen LogP contribution in [0.1, 0.15) is 25.1 Å². The van der Waals surface area contributed by atoms with Gasteiger partial charge in [-0.05, 0) is 31.5 Å². The average molecular weight is 328 g/mol. The van der Waals surface area contributed by atoms with Crippen LogP contribution >= 0.6 is 0 Å². The first kappa shape index (κ1) is 17.0. The molecule has 2 aromatic rings. The molecule has 0 amide bonds. The largest absolute Gasteiger partial charge is 0.465 e. The summed E-state index contributed by atoms with van der Waals surface area (Å²) >= 11 is 0. The molecule has 0 fully saturated rings. The van der Waals surface area contributed by atoms with Crippen LogP contribution < -0.4 is 5.56 Å². The van der Waals surface area contributed by atoms with E-state index >= 15 is 0 Å². The van der Waals surface area contributed by atoms with Gasteiger partial charge in [-0.25, -0.2) is 4.68 Å². The number of rotatable bonds is 4. The standard InChI is InChI=1S/C15H15F3N2O3/c1-3-12-11-7-9(15(16,17)18)5-6-10(11)14(22)20(19-12)8-13(21)23-4-2/h5-7H,3-4,8H2,1-2H3. The molecule has 1 aromatic carbocycles. The first-order valence-electron chi connectivity index (χ1n) is 7.04. The van der Waals surface area contributed by atoms with E-state index in [4.69, 9.17) is 4.74 Å². The minimum Gasteiger partial charge on any atom is -0.465 e. The van der Waals surface area contributed by atoms with Gasteiger partial charge in [0.25, 0.3) is 5.56 Å². The molecule has 8 heteroatoms. The van der Waals surface area contributed by atoms with Gasteiger partial charge in [-0.1, -0.05) is 6.92 Å². The van der Waals surface area contributed by atoms with Crippen molar-refractivity contribution in [2.45, 2.75) is 33.0 Å². The number of esters is 1. The third kappa shape index (κ3) is 3.52. The average Bonchev–Trinajstić information content (AvgIpc) is 2.49. The van der Waals surface area contributed by atoms with Crippen molar-refractivity contribution in [2.75, 3.05) is 6.61 Å². The summed E-state index contributed by atoms with van der Waals surface area (Å²) in [5.74, 6) is -0.629. The maximum absolute atomic E-state index is 12.8. The number of hydrogen-bond acceptors (Lipinski definition) is 4. The van der Waals surface area contributed by atoms with Crippen LogP contribution in [0.25, 0.3) is 10.8 Å². The minimum atomic E-state index is -4.50. The summed E-state index contributed by atoms with van der Waals surface area (Å²) < 4.78 is 44.2.